The third-order valence-corrected chi connectivity index (χ3v) is 4.33. The van der Waals surface area contributed by atoms with Gasteiger partial charge >= 0.3 is 5.97 Å². The van der Waals surface area contributed by atoms with Crippen molar-refractivity contribution >= 4 is 21.7 Å². The Kier molecular flexibility index (Phi) is 4.67. The second-order valence-corrected chi connectivity index (χ2v) is 6.23. The lowest BCUT2D eigenvalue weighted by atomic mass is 10.2. The molecule has 6 nitrogen and oxygen atoms in total. The molecular weight excluding hydrogens is 306 g/mol. The number of carbonyl (C=O) groups is 1. The zero-order chi connectivity index (χ0) is 16.2. The van der Waals surface area contributed by atoms with Gasteiger partial charge < -0.3 is 9.84 Å². The van der Waals surface area contributed by atoms with Crippen molar-refractivity contribution in [2.75, 3.05) is 11.8 Å². The molecule has 0 aliphatic rings. The van der Waals surface area contributed by atoms with Gasteiger partial charge in [0.05, 0.1) is 18.4 Å². The molecule has 0 radical (unpaired) electrons. The summed E-state index contributed by atoms with van der Waals surface area (Å²) < 4.78 is 31.9. The van der Waals surface area contributed by atoms with Crippen molar-refractivity contribution in [3.8, 4) is 5.75 Å². The molecule has 0 unspecified atom stereocenters. The van der Waals surface area contributed by atoms with E-state index < -0.39 is 16.0 Å². The fourth-order valence-electron chi connectivity index (χ4n) is 1.83. The smallest absolute Gasteiger partial charge is 0.307 e. The number of rotatable bonds is 6. The van der Waals surface area contributed by atoms with Gasteiger partial charge in [0, 0.05) is 5.69 Å². The van der Waals surface area contributed by atoms with Gasteiger partial charge in [-0.2, -0.15) is 0 Å². The van der Waals surface area contributed by atoms with Crippen LogP contribution in [0, 0.1) is 0 Å². The van der Waals surface area contributed by atoms with E-state index in [1.807, 2.05) is 0 Å². The van der Waals surface area contributed by atoms with Crippen molar-refractivity contribution in [2.24, 2.45) is 0 Å². The molecule has 2 N–H and O–H groups in total. The number of nitrogens with one attached hydrogen (secondary N) is 1. The van der Waals surface area contributed by atoms with Crippen LogP contribution in [0.3, 0.4) is 0 Å². The summed E-state index contributed by atoms with van der Waals surface area (Å²) in [5.41, 5.74) is 0.950. The molecule has 0 aliphatic heterocycles. The van der Waals surface area contributed by atoms with Gasteiger partial charge in [0.1, 0.15) is 5.75 Å². The molecule has 2 rings (SSSR count). The van der Waals surface area contributed by atoms with E-state index in [1.54, 1.807) is 24.3 Å². The van der Waals surface area contributed by atoms with E-state index >= 15 is 0 Å². The molecule has 0 heterocycles. The predicted octanol–water partition coefficient (Wildman–Crippen LogP) is 2.12. The molecule has 0 bridgehead atoms. The molecule has 0 fully saturated rings. The number of ether oxygens (including phenoxy) is 1. The number of methoxy groups -OCH3 is 1. The van der Waals surface area contributed by atoms with Gasteiger partial charge in [0.25, 0.3) is 10.0 Å². The van der Waals surface area contributed by atoms with E-state index in [-0.39, 0.29) is 11.3 Å². The minimum absolute atomic E-state index is 0.0671. The SMILES string of the molecule is COc1ccc(NS(=O)(=O)c2ccc(CC(=O)O)cc2)cc1. The van der Waals surface area contributed by atoms with Gasteiger partial charge in [0.2, 0.25) is 0 Å². The summed E-state index contributed by atoms with van der Waals surface area (Å²) in [6, 6.07) is 12.2. The van der Waals surface area contributed by atoms with Crippen molar-refractivity contribution in [2.45, 2.75) is 11.3 Å². The molecule has 7 heteroatoms. The highest BCUT2D eigenvalue weighted by atomic mass is 32.2. The Morgan fingerprint density at radius 1 is 1.09 bits per heavy atom. The van der Waals surface area contributed by atoms with Crippen molar-refractivity contribution in [3.63, 3.8) is 0 Å². The van der Waals surface area contributed by atoms with E-state index in [2.05, 4.69) is 4.72 Å². The summed E-state index contributed by atoms with van der Waals surface area (Å²) in [7, 11) is -2.19. The normalized spacial score (nSPS) is 11.0. The van der Waals surface area contributed by atoms with Crippen molar-refractivity contribution in [1.29, 1.82) is 0 Å². The highest BCUT2D eigenvalue weighted by Gasteiger charge is 2.14. The van der Waals surface area contributed by atoms with Crippen LogP contribution in [0.25, 0.3) is 0 Å². The van der Waals surface area contributed by atoms with Crippen LogP contribution in [0.1, 0.15) is 5.56 Å². The Hall–Kier alpha value is -2.54. The highest BCUT2D eigenvalue weighted by Crippen LogP contribution is 2.19. The molecule has 0 aliphatic carbocycles. The largest absolute Gasteiger partial charge is 0.497 e. The summed E-state index contributed by atoms with van der Waals surface area (Å²) in [4.78, 5) is 10.7. The minimum atomic E-state index is -3.72. The van der Waals surface area contributed by atoms with E-state index in [0.29, 0.717) is 17.0 Å². The zero-order valence-corrected chi connectivity index (χ0v) is 12.6. The highest BCUT2D eigenvalue weighted by molar-refractivity contribution is 7.92. The second-order valence-electron chi connectivity index (χ2n) is 4.55. The first kappa shape index (κ1) is 15.8. The van der Waals surface area contributed by atoms with Gasteiger partial charge in [-0.25, -0.2) is 8.42 Å². The van der Waals surface area contributed by atoms with Gasteiger partial charge in [0.15, 0.2) is 0 Å². The first-order chi connectivity index (χ1) is 10.4. The fourth-order valence-corrected chi connectivity index (χ4v) is 2.89. The van der Waals surface area contributed by atoms with Crippen molar-refractivity contribution < 1.29 is 23.1 Å². The van der Waals surface area contributed by atoms with E-state index in [4.69, 9.17) is 9.84 Å². The molecule has 0 saturated carbocycles. The number of anilines is 1. The number of aliphatic carboxylic acids is 1. The Labute approximate surface area is 128 Å². The van der Waals surface area contributed by atoms with Crippen LogP contribution in [-0.4, -0.2) is 26.6 Å². The third-order valence-electron chi connectivity index (χ3n) is 2.93. The second kappa shape index (κ2) is 6.48. The number of hydrogen-bond acceptors (Lipinski definition) is 4. The third kappa shape index (κ3) is 3.98. The topological polar surface area (TPSA) is 92.7 Å². The molecule has 0 saturated heterocycles. The van der Waals surface area contributed by atoms with E-state index in [1.165, 1.54) is 31.4 Å². The molecular formula is C15H15NO5S. The average molecular weight is 321 g/mol. The summed E-state index contributed by atoms with van der Waals surface area (Å²) in [6.45, 7) is 0. The Morgan fingerprint density at radius 2 is 1.68 bits per heavy atom. The standard InChI is InChI=1S/C15H15NO5S/c1-21-13-6-4-12(5-7-13)16-22(19,20)14-8-2-11(3-9-14)10-15(17)18/h2-9,16H,10H2,1H3,(H,17,18). The van der Waals surface area contributed by atoms with Gasteiger partial charge in [-0.3, -0.25) is 9.52 Å². The van der Waals surface area contributed by atoms with Crippen LogP contribution >= 0.6 is 0 Å². The lowest BCUT2D eigenvalue weighted by molar-refractivity contribution is -0.136. The molecule has 0 amide bonds. The Bertz CT molecular complexity index is 752. The van der Waals surface area contributed by atoms with Crippen LogP contribution in [0.2, 0.25) is 0 Å². The zero-order valence-electron chi connectivity index (χ0n) is 11.8. The molecule has 0 atom stereocenters. The summed E-state index contributed by atoms with van der Waals surface area (Å²) in [6.07, 6.45) is -0.147. The Balaban J connectivity index is 2.16. The first-order valence-electron chi connectivity index (χ1n) is 6.38. The summed E-state index contributed by atoms with van der Waals surface area (Å²) in [5.74, 6) is -0.340. The lowest BCUT2D eigenvalue weighted by Crippen LogP contribution is -2.13. The van der Waals surface area contributed by atoms with Crippen LogP contribution in [0.15, 0.2) is 53.4 Å². The maximum Gasteiger partial charge on any atom is 0.307 e. The molecule has 0 spiro atoms. The van der Waals surface area contributed by atoms with Crippen LogP contribution in [0.4, 0.5) is 5.69 Å². The van der Waals surface area contributed by atoms with Crippen LogP contribution < -0.4 is 9.46 Å². The maximum absolute atomic E-state index is 12.2. The molecule has 22 heavy (non-hydrogen) atoms. The van der Waals surface area contributed by atoms with Crippen LogP contribution in [0.5, 0.6) is 5.75 Å². The van der Waals surface area contributed by atoms with Crippen LogP contribution in [-0.2, 0) is 21.2 Å². The molecule has 0 aromatic heterocycles. The number of carboxylic acids is 1. The average Bonchev–Trinajstić information content (AvgIpc) is 2.47. The monoisotopic (exact) mass is 321 g/mol. The maximum atomic E-state index is 12.2. The number of carboxylic acid groups (broad SMARTS) is 1. The Morgan fingerprint density at radius 3 is 2.18 bits per heavy atom. The van der Waals surface area contributed by atoms with Gasteiger partial charge in [-0.15, -0.1) is 0 Å². The van der Waals surface area contributed by atoms with Crippen molar-refractivity contribution in [1.82, 2.24) is 0 Å². The molecule has 116 valence electrons. The van der Waals surface area contributed by atoms with E-state index in [9.17, 15) is 13.2 Å². The van der Waals surface area contributed by atoms with Crippen molar-refractivity contribution in [3.05, 3.63) is 54.1 Å². The van der Waals surface area contributed by atoms with Gasteiger partial charge in [-0.05, 0) is 42.0 Å². The molecule has 2 aromatic carbocycles. The number of sulfonamides is 1. The van der Waals surface area contributed by atoms with E-state index in [0.717, 1.165) is 0 Å². The quantitative estimate of drug-likeness (QED) is 0.850. The lowest BCUT2D eigenvalue weighted by Gasteiger charge is -2.09. The summed E-state index contributed by atoms with van der Waals surface area (Å²) in [5, 5.41) is 8.69. The predicted molar refractivity (Wildman–Crippen MR) is 81.6 cm³/mol. The fraction of sp³-hybridized carbons (Fsp3) is 0.133. The summed E-state index contributed by atoms with van der Waals surface area (Å²) >= 11 is 0. The first-order valence-corrected chi connectivity index (χ1v) is 7.86. The number of benzene rings is 2. The minimum Gasteiger partial charge on any atom is -0.497 e. The number of hydrogen-bond donors (Lipinski definition) is 2. The van der Waals surface area contributed by atoms with Gasteiger partial charge in [-0.1, -0.05) is 12.1 Å². The molecule has 2 aromatic rings.